The number of amides is 2. The summed E-state index contributed by atoms with van der Waals surface area (Å²) in [5, 5.41) is 6.22. The molecule has 0 bridgehead atoms. The van der Waals surface area contributed by atoms with Crippen molar-refractivity contribution in [3.05, 3.63) is 48.3 Å². The zero-order valence-electron chi connectivity index (χ0n) is 16.7. The molecule has 1 aromatic carbocycles. The smallest absolute Gasteiger partial charge is 0.409 e. The van der Waals surface area contributed by atoms with E-state index in [4.69, 9.17) is 9.47 Å². The van der Waals surface area contributed by atoms with Gasteiger partial charge in [0.05, 0.1) is 25.6 Å². The Hall–Kier alpha value is -3.29. The Bertz CT molecular complexity index is 816. The first-order valence-electron chi connectivity index (χ1n) is 9.68. The number of piperidine rings is 1. The molecule has 0 atom stereocenters. The number of nitrogens with zero attached hydrogens (tertiary/aromatic N) is 2. The molecule has 2 amide bonds. The van der Waals surface area contributed by atoms with Crippen LogP contribution in [0, 0.1) is 0 Å². The van der Waals surface area contributed by atoms with Gasteiger partial charge in [0.1, 0.15) is 11.4 Å². The molecule has 3 rings (SSSR count). The number of carbonyl (C=O) groups is 2. The molecule has 0 radical (unpaired) electrons. The van der Waals surface area contributed by atoms with E-state index >= 15 is 0 Å². The van der Waals surface area contributed by atoms with Gasteiger partial charge in [0.25, 0.3) is 5.91 Å². The average molecular weight is 398 g/mol. The van der Waals surface area contributed by atoms with Crippen molar-refractivity contribution in [2.75, 3.05) is 37.4 Å². The summed E-state index contributed by atoms with van der Waals surface area (Å²) in [6, 6.07) is 10.9. The number of hydrogen-bond donors (Lipinski definition) is 2. The van der Waals surface area contributed by atoms with Gasteiger partial charge in [0.15, 0.2) is 0 Å². The molecule has 29 heavy (non-hydrogen) atoms. The van der Waals surface area contributed by atoms with Crippen LogP contribution >= 0.6 is 0 Å². The van der Waals surface area contributed by atoms with E-state index in [1.807, 2.05) is 6.07 Å². The van der Waals surface area contributed by atoms with Crippen LogP contribution in [-0.2, 0) is 4.74 Å². The lowest BCUT2D eigenvalue weighted by Crippen LogP contribution is -2.42. The number of benzene rings is 1. The maximum Gasteiger partial charge on any atom is 0.409 e. The molecule has 1 saturated heterocycles. The van der Waals surface area contributed by atoms with Crippen LogP contribution < -0.4 is 15.4 Å². The third kappa shape index (κ3) is 5.60. The Morgan fingerprint density at radius 3 is 2.38 bits per heavy atom. The molecule has 154 valence electrons. The van der Waals surface area contributed by atoms with Gasteiger partial charge in [-0.15, -0.1) is 0 Å². The van der Waals surface area contributed by atoms with Gasteiger partial charge in [-0.05, 0) is 56.2 Å². The normalized spacial score (nSPS) is 14.2. The third-order valence-electron chi connectivity index (χ3n) is 4.74. The fraction of sp³-hybridized carbons (Fsp3) is 0.381. The van der Waals surface area contributed by atoms with E-state index in [0.29, 0.717) is 31.1 Å². The van der Waals surface area contributed by atoms with Crippen molar-refractivity contribution in [2.45, 2.75) is 25.8 Å². The minimum atomic E-state index is -0.274. The quantitative estimate of drug-likeness (QED) is 0.775. The summed E-state index contributed by atoms with van der Waals surface area (Å²) in [5.74, 6) is 0.453. The van der Waals surface area contributed by atoms with Crippen LogP contribution in [0.4, 0.5) is 16.2 Å². The van der Waals surface area contributed by atoms with Crippen molar-refractivity contribution in [3.63, 3.8) is 0 Å². The summed E-state index contributed by atoms with van der Waals surface area (Å²) in [4.78, 5) is 30.1. The molecule has 0 spiro atoms. The Morgan fingerprint density at radius 1 is 1.10 bits per heavy atom. The van der Waals surface area contributed by atoms with Crippen molar-refractivity contribution in [1.29, 1.82) is 0 Å². The average Bonchev–Trinajstić information content (AvgIpc) is 2.75. The molecule has 1 fully saturated rings. The van der Waals surface area contributed by atoms with E-state index in [1.165, 1.54) is 0 Å². The number of likely N-dealkylation sites (tertiary alicyclic amines) is 1. The van der Waals surface area contributed by atoms with E-state index in [-0.39, 0.29) is 18.0 Å². The molecular formula is C21H26N4O4. The van der Waals surface area contributed by atoms with Gasteiger partial charge in [-0.1, -0.05) is 0 Å². The zero-order valence-corrected chi connectivity index (χ0v) is 16.7. The molecule has 0 unspecified atom stereocenters. The predicted octanol–water partition coefficient (Wildman–Crippen LogP) is 3.38. The summed E-state index contributed by atoms with van der Waals surface area (Å²) in [5.41, 5.74) is 1.86. The van der Waals surface area contributed by atoms with E-state index < -0.39 is 0 Å². The lowest BCUT2D eigenvalue weighted by atomic mass is 10.1. The largest absolute Gasteiger partial charge is 0.497 e. The van der Waals surface area contributed by atoms with Gasteiger partial charge in [0, 0.05) is 24.8 Å². The Morgan fingerprint density at radius 2 is 1.79 bits per heavy atom. The summed E-state index contributed by atoms with van der Waals surface area (Å²) in [6.07, 6.45) is 3.07. The number of nitrogens with one attached hydrogen (secondary N) is 2. The van der Waals surface area contributed by atoms with Crippen molar-refractivity contribution in [2.24, 2.45) is 0 Å². The highest BCUT2D eigenvalue weighted by Gasteiger charge is 2.23. The zero-order chi connectivity index (χ0) is 20.6. The minimum Gasteiger partial charge on any atom is -0.497 e. The second kappa shape index (κ2) is 9.77. The topological polar surface area (TPSA) is 92.8 Å². The van der Waals surface area contributed by atoms with Gasteiger partial charge in [-0.3, -0.25) is 4.79 Å². The lowest BCUT2D eigenvalue weighted by Gasteiger charge is -2.32. The third-order valence-corrected chi connectivity index (χ3v) is 4.74. The highest BCUT2D eigenvalue weighted by molar-refractivity contribution is 6.02. The standard InChI is InChI=1S/C21H26N4O4/c1-3-29-21(27)25-12-10-16(11-13-25)23-17-6-9-19(22-14-17)20(26)24-15-4-7-18(28-2)8-5-15/h4-9,14,16,23H,3,10-13H2,1-2H3,(H,24,26). The van der Waals surface area contributed by atoms with Crippen LogP contribution in [0.15, 0.2) is 42.6 Å². The minimum absolute atomic E-state index is 0.250. The number of pyridine rings is 1. The molecule has 8 nitrogen and oxygen atoms in total. The highest BCUT2D eigenvalue weighted by Crippen LogP contribution is 2.18. The second-order valence-corrected chi connectivity index (χ2v) is 6.72. The SMILES string of the molecule is CCOC(=O)N1CCC(Nc2ccc(C(=O)Nc3ccc(OC)cc3)nc2)CC1. The van der Waals surface area contributed by atoms with Crippen LogP contribution in [-0.4, -0.2) is 54.7 Å². The molecule has 2 N–H and O–H groups in total. The van der Waals surface area contributed by atoms with Gasteiger partial charge in [0.2, 0.25) is 0 Å². The Labute approximate surface area is 170 Å². The van der Waals surface area contributed by atoms with Crippen LogP contribution in [0.2, 0.25) is 0 Å². The first-order valence-corrected chi connectivity index (χ1v) is 9.68. The molecule has 2 heterocycles. The molecule has 1 aliphatic heterocycles. The van der Waals surface area contributed by atoms with Crippen molar-refractivity contribution in [3.8, 4) is 5.75 Å². The number of ether oxygens (including phenoxy) is 2. The summed E-state index contributed by atoms with van der Waals surface area (Å²) >= 11 is 0. The van der Waals surface area contributed by atoms with Gasteiger partial charge >= 0.3 is 6.09 Å². The van der Waals surface area contributed by atoms with Crippen LogP contribution in [0.3, 0.4) is 0 Å². The number of carbonyl (C=O) groups excluding carboxylic acids is 2. The molecular weight excluding hydrogens is 372 g/mol. The van der Waals surface area contributed by atoms with Gasteiger partial charge < -0.3 is 25.0 Å². The molecule has 2 aromatic rings. The van der Waals surface area contributed by atoms with Crippen LogP contribution in [0.5, 0.6) is 5.75 Å². The van der Waals surface area contributed by atoms with Gasteiger partial charge in [-0.2, -0.15) is 0 Å². The van der Waals surface area contributed by atoms with Crippen molar-refractivity contribution < 1.29 is 19.1 Å². The van der Waals surface area contributed by atoms with E-state index in [2.05, 4.69) is 15.6 Å². The summed E-state index contributed by atoms with van der Waals surface area (Å²) in [7, 11) is 1.59. The van der Waals surface area contributed by atoms with E-state index in [1.54, 1.807) is 55.5 Å². The molecule has 1 aliphatic rings. The highest BCUT2D eigenvalue weighted by atomic mass is 16.6. The van der Waals surface area contributed by atoms with Crippen LogP contribution in [0.25, 0.3) is 0 Å². The predicted molar refractivity (Wildman–Crippen MR) is 110 cm³/mol. The van der Waals surface area contributed by atoms with Crippen LogP contribution in [0.1, 0.15) is 30.3 Å². The van der Waals surface area contributed by atoms with Crippen molar-refractivity contribution in [1.82, 2.24) is 9.88 Å². The molecule has 8 heteroatoms. The molecule has 1 aromatic heterocycles. The van der Waals surface area contributed by atoms with Gasteiger partial charge in [-0.25, -0.2) is 9.78 Å². The summed E-state index contributed by atoms with van der Waals surface area (Å²) in [6.45, 7) is 3.51. The number of aromatic nitrogens is 1. The molecule has 0 saturated carbocycles. The Kier molecular flexibility index (Phi) is 6.89. The number of anilines is 2. The Balaban J connectivity index is 1.49. The fourth-order valence-corrected chi connectivity index (χ4v) is 3.14. The molecule has 0 aliphatic carbocycles. The maximum atomic E-state index is 12.3. The number of hydrogen-bond acceptors (Lipinski definition) is 6. The first kappa shape index (κ1) is 20.4. The second-order valence-electron chi connectivity index (χ2n) is 6.72. The van der Waals surface area contributed by atoms with E-state index in [9.17, 15) is 9.59 Å². The monoisotopic (exact) mass is 398 g/mol. The fourth-order valence-electron chi connectivity index (χ4n) is 3.14. The number of methoxy groups -OCH3 is 1. The number of rotatable bonds is 6. The summed E-state index contributed by atoms with van der Waals surface area (Å²) < 4.78 is 10.1. The first-order chi connectivity index (χ1) is 14.1. The van der Waals surface area contributed by atoms with Crippen molar-refractivity contribution >= 4 is 23.4 Å². The van der Waals surface area contributed by atoms with E-state index in [0.717, 1.165) is 24.3 Å². The maximum absolute atomic E-state index is 12.3. The lowest BCUT2D eigenvalue weighted by molar-refractivity contribution is 0.0982.